The molecule has 0 radical (unpaired) electrons. The van der Waals surface area contributed by atoms with Crippen LogP contribution in [0.4, 0.5) is 4.39 Å². The molecule has 0 amide bonds. The van der Waals surface area contributed by atoms with Crippen LogP contribution in [0.5, 0.6) is 0 Å². The van der Waals surface area contributed by atoms with Crippen LogP contribution in [0.3, 0.4) is 0 Å². The van der Waals surface area contributed by atoms with Crippen molar-refractivity contribution in [3.8, 4) is 0 Å². The third kappa shape index (κ3) is 4.41. The second-order valence-corrected chi connectivity index (χ2v) is 5.55. The monoisotopic (exact) mass is 243 g/mol. The van der Waals surface area contributed by atoms with Gasteiger partial charge in [0.2, 0.25) is 0 Å². The Kier molecular flexibility index (Phi) is 5.63. The van der Waals surface area contributed by atoms with Crippen molar-refractivity contribution < 1.29 is 8.60 Å². The Bertz CT molecular complexity index is 368. The second kappa shape index (κ2) is 6.76. The van der Waals surface area contributed by atoms with Crippen LogP contribution in [-0.2, 0) is 17.3 Å². The summed E-state index contributed by atoms with van der Waals surface area (Å²) in [5, 5.41) is 3.21. The molecule has 0 aliphatic carbocycles. The van der Waals surface area contributed by atoms with E-state index in [1.807, 2.05) is 13.8 Å². The minimum absolute atomic E-state index is 0.201. The van der Waals surface area contributed by atoms with Crippen molar-refractivity contribution in [1.82, 2.24) is 5.32 Å². The van der Waals surface area contributed by atoms with Crippen LogP contribution in [-0.4, -0.2) is 22.3 Å². The van der Waals surface area contributed by atoms with Gasteiger partial charge in [0.15, 0.2) is 0 Å². The zero-order valence-electron chi connectivity index (χ0n) is 9.75. The summed E-state index contributed by atoms with van der Waals surface area (Å²) in [6.07, 6.45) is 0. The molecule has 0 bridgehead atoms. The molecule has 1 unspecified atom stereocenters. The van der Waals surface area contributed by atoms with Crippen LogP contribution in [0, 0.1) is 12.7 Å². The molecule has 0 aliphatic rings. The third-order valence-electron chi connectivity index (χ3n) is 2.45. The molecular formula is C12H18FNOS. The molecule has 1 rings (SSSR count). The fraction of sp³-hybridized carbons (Fsp3) is 0.500. The molecule has 1 atom stereocenters. The van der Waals surface area contributed by atoms with E-state index in [-0.39, 0.29) is 5.82 Å². The van der Waals surface area contributed by atoms with Gasteiger partial charge >= 0.3 is 0 Å². The van der Waals surface area contributed by atoms with Crippen LogP contribution < -0.4 is 5.32 Å². The van der Waals surface area contributed by atoms with Crippen molar-refractivity contribution in [2.45, 2.75) is 20.4 Å². The predicted molar refractivity (Wildman–Crippen MR) is 66.4 cm³/mol. The normalized spacial score (nSPS) is 12.7. The van der Waals surface area contributed by atoms with Gasteiger partial charge in [0, 0.05) is 35.4 Å². The van der Waals surface area contributed by atoms with Crippen molar-refractivity contribution in [2.75, 3.05) is 18.1 Å². The lowest BCUT2D eigenvalue weighted by atomic mass is 10.1. The van der Waals surface area contributed by atoms with E-state index in [4.69, 9.17) is 0 Å². The van der Waals surface area contributed by atoms with E-state index < -0.39 is 10.8 Å². The molecule has 0 aromatic heterocycles. The maximum atomic E-state index is 12.8. The van der Waals surface area contributed by atoms with E-state index in [9.17, 15) is 8.60 Å². The Labute approximate surface area is 98.7 Å². The molecule has 2 nitrogen and oxygen atoms in total. The number of aryl methyl sites for hydroxylation is 1. The van der Waals surface area contributed by atoms with Crippen LogP contribution in [0.1, 0.15) is 18.1 Å². The molecule has 0 aliphatic heterocycles. The van der Waals surface area contributed by atoms with Crippen molar-refractivity contribution >= 4 is 10.8 Å². The zero-order valence-corrected chi connectivity index (χ0v) is 10.6. The molecular weight excluding hydrogens is 225 g/mol. The van der Waals surface area contributed by atoms with E-state index in [1.165, 1.54) is 12.1 Å². The largest absolute Gasteiger partial charge is 0.312 e. The highest BCUT2D eigenvalue weighted by Gasteiger charge is 2.00. The highest BCUT2D eigenvalue weighted by molar-refractivity contribution is 7.84. The van der Waals surface area contributed by atoms with Gasteiger partial charge in [-0.25, -0.2) is 4.39 Å². The maximum Gasteiger partial charge on any atom is 0.123 e. The smallest absolute Gasteiger partial charge is 0.123 e. The molecule has 90 valence electrons. The first-order chi connectivity index (χ1) is 7.63. The molecule has 0 spiro atoms. The Morgan fingerprint density at radius 3 is 2.81 bits per heavy atom. The number of hydrogen-bond acceptors (Lipinski definition) is 2. The molecule has 0 fully saturated rings. The van der Waals surface area contributed by atoms with Gasteiger partial charge in [-0.05, 0) is 30.2 Å². The van der Waals surface area contributed by atoms with Gasteiger partial charge in [-0.1, -0.05) is 13.0 Å². The average molecular weight is 243 g/mol. The average Bonchev–Trinajstić information content (AvgIpc) is 2.26. The first-order valence-corrected chi connectivity index (χ1v) is 6.93. The standard InChI is InChI=1S/C12H18FNOS/c1-3-16(15)7-6-14-9-11-4-5-12(13)8-10(11)2/h4-5,8,14H,3,6-7,9H2,1-2H3. The number of hydrogen-bond donors (Lipinski definition) is 1. The lowest BCUT2D eigenvalue weighted by Crippen LogP contribution is -2.21. The first kappa shape index (κ1) is 13.3. The summed E-state index contributed by atoms with van der Waals surface area (Å²) in [6.45, 7) is 5.24. The minimum atomic E-state index is -0.716. The molecule has 1 aromatic rings. The summed E-state index contributed by atoms with van der Waals surface area (Å²) in [4.78, 5) is 0. The summed E-state index contributed by atoms with van der Waals surface area (Å²) < 4.78 is 24.0. The molecule has 1 aromatic carbocycles. The van der Waals surface area contributed by atoms with E-state index >= 15 is 0 Å². The van der Waals surface area contributed by atoms with Crippen LogP contribution in [0.25, 0.3) is 0 Å². The third-order valence-corrected chi connectivity index (χ3v) is 3.75. The summed E-state index contributed by atoms with van der Waals surface area (Å²) >= 11 is 0. The Morgan fingerprint density at radius 2 is 2.19 bits per heavy atom. The zero-order chi connectivity index (χ0) is 12.0. The summed E-state index contributed by atoms with van der Waals surface area (Å²) in [7, 11) is -0.716. The van der Waals surface area contributed by atoms with Crippen molar-refractivity contribution in [3.63, 3.8) is 0 Å². The SMILES string of the molecule is CCS(=O)CCNCc1ccc(F)cc1C. The maximum absolute atomic E-state index is 12.8. The first-order valence-electron chi connectivity index (χ1n) is 5.44. The van der Waals surface area contributed by atoms with Gasteiger partial charge in [0.25, 0.3) is 0 Å². The Balaban J connectivity index is 2.35. The fourth-order valence-corrected chi connectivity index (χ4v) is 2.07. The predicted octanol–water partition coefficient (Wildman–Crippen LogP) is 1.99. The van der Waals surface area contributed by atoms with E-state index in [2.05, 4.69) is 5.32 Å². The van der Waals surface area contributed by atoms with Gasteiger partial charge < -0.3 is 5.32 Å². The topological polar surface area (TPSA) is 29.1 Å². The number of benzene rings is 1. The van der Waals surface area contributed by atoms with E-state index in [1.54, 1.807) is 6.07 Å². The van der Waals surface area contributed by atoms with Gasteiger partial charge in [0.05, 0.1) is 0 Å². The van der Waals surface area contributed by atoms with Gasteiger partial charge in [0.1, 0.15) is 5.82 Å². The summed E-state index contributed by atoms with van der Waals surface area (Å²) in [5.41, 5.74) is 2.03. The molecule has 1 N–H and O–H groups in total. The highest BCUT2D eigenvalue weighted by atomic mass is 32.2. The Morgan fingerprint density at radius 1 is 1.44 bits per heavy atom. The lowest BCUT2D eigenvalue weighted by molar-refractivity contribution is 0.624. The van der Waals surface area contributed by atoms with E-state index in [0.29, 0.717) is 18.1 Å². The molecule has 0 saturated carbocycles. The lowest BCUT2D eigenvalue weighted by Gasteiger charge is -2.07. The van der Waals surface area contributed by atoms with Gasteiger partial charge in [-0.2, -0.15) is 0 Å². The summed E-state index contributed by atoms with van der Waals surface area (Å²) in [6, 6.07) is 4.78. The highest BCUT2D eigenvalue weighted by Crippen LogP contribution is 2.09. The summed E-state index contributed by atoms with van der Waals surface area (Å²) in [5.74, 6) is 1.18. The molecule has 0 heterocycles. The van der Waals surface area contributed by atoms with Crippen LogP contribution in [0.15, 0.2) is 18.2 Å². The van der Waals surface area contributed by atoms with Crippen LogP contribution >= 0.6 is 0 Å². The quantitative estimate of drug-likeness (QED) is 0.774. The molecule has 4 heteroatoms. The number of nitrogens with one attached hydrogen (secondary N) is 1. The van der Waals surface area contributed by atoms with Crippen molar-refractivity contribution in [3.05, 3.63) is 35.1 Å². The minimum Gasteiger partial charge on any atom is -0.312 e. The second-order valence-electron chi connectivity index (χ2n) is 3.68. The van der Waals surface area contributed by atoms with Gasteiger partial charge in [-0.3, -0.25) is 4.21 Å². The van der Waals surface area contributed by atoms with Crippen molar-refractivity contribution in [2.24, 2.45) is 0 Å². The Hall–Kier alpha value is -0.740. The van der Waals surface area contributed by atoms with Gasteiger partial charge in [-0.15, -0.1) is 0 Å². The number of halogens is 1. The van der Waals surface area contributed by atoms with E-state index in [0.717, 1.165) is 17.7 Å². The van der Waals surface area contributed by atoms with Crippen molar-refractivity contribution in [1.29, 1.82) is 0 Å². The molecule has 0 saturated heterocycles. The van der Waals surface area contributed by atoms with Crippen LogP contribution in [0.2, 0.25) is 0 Å². The molecule has 16 heavy (non-hydrogen) atoms. The fourth-order valence-electron chi connectivity index (χ4n) is 1.41. The number of rotatable bonds is 6.